The van der Waals surface area contributed by atoms with Gasteiger partial charge in [0.2, 0.25) is 6.29 Å². The van der Waals surface area contributed by atoms with Crippen molar-refractivity contribution in [2.45, 2.75) is 51.0 Å². The predicted molar refractivity (Wildman–Crippen MR) is 115 cm³/mol. The maximum atomic E-state index is 12.3. The first-order valence-corrected chi connectivity index (χ1v) is 10.5. The standard InChI is InChI=1S/C22H30N2O7/c1-12-15(29-21-18(27)17(26)20(28-4)22(2,3)31-21)6-5-13-14(11-16(25)30-19(12)13)24-9-7-23-8-10-24/h5-6,11,17-18,20-21,23,26-27H,7-10H2,1-4H3/t17-,18+,20+,21+/m0/s1. The first kappa shape index (κ1) is 22.0. The van der Waals surface area contributed by atoms with Crippen LogP contribution in [0.15, 0.2) is 27.4 Å². The number of aliphatic hydroxyl groups is 2. The summed E-state index contributed by atoms with van der Waals surface area (Å²) in [4.78, 5) is 14.4. The van der Waals surface area contributed by atoms with Crippen molar-refractivity contribution in [1.82, 2.24) is 5.32 Å². The molecule has 2 fully saturated rings. The second-order valence-corrected chi connectivity index (χ2v) is 8.60. The Labute approximate surface area is 180 Å². The van der Waals surface area contributed by atoms with Crippen molar-refractivity contribution >= 4 is 16.7 Å². The van der Waals surface area contributed by atoms with Crippen LogP contribution in [0.1, 0.15) is 19.4 Å². The number of aryl methyl sites for hydroxylation is 1. The van der Waals surface area contributed by atoms with Crippen LogP contribution < -0.4 is 20.6 Å². The summed E-state index contributed by atoms with van der Waals surface area (Å²) in [5.41, 5.74) is 0.553. The lowest BCUT2D eigenvalue weighted by molar-refractivity contribution is -0.306. The molecule has 2 aromatic rings. The van der Waals surface area contributed by atoms with Gasteiger partial charge in [0.1, 0.15) is 29.6 Å². The normalized spacial score (nSPS) is 28.6. The monoisotopic (exact) mass is 434 g/mol. The van der Waals surface area contributed by atoms with Gasteiger partial charge in [-0.05, 0) is 32.9 Å². The number of nitrogens with one attached hydrogen (secondary N) is 1. The van der Waals surface area contributed by atoms with Gasteiger partial charge in [-0.2, -0.15) is 0 Å². The molecule has 4 atom stereocenters. The zero-order chi connectivity index (χ0) is 22.3. The molecular formula is C22H30N2O7. The highest BCUT2D eigenvalue weighted by Gasteiger charge is 2.50. The van der Waals surface area contributed by atoms with Crippen LogP contribution in [-0.2, 0) is 9.47 Å². The number of rotatable bonds is 4. The largest absolute Gasteiger partial charge is 0.462 e. The molecule has 9 nitrogen and oxygen atoms in total. The number of ether oxygens (including phenoxy) is 3. The van der Waals surface area contributed by atoms with Crippen LogP contribution in [-0.4, -0.2) is 73.7 Å². The van der Waals surface area contributed by atoms with Crippen molar-refractivity contribution in [2.75, 3.05) is 38.2 Å². The smallest absolute Gasteiger partial charge is 0.338 e. The van der Waals surface area contributed by atoms with E-state index in [-0.39, 0.29) is 0 Å². The van der Waals surface area contributed by atoms with Crippen molar-refractivity contribution in [3.63, 3.8) is 0 Å². The Kier molecular flexibility index (Phi) is 5.97. The molecule has 9 heteroatoms. The average Bonchev–Trinajstić information content (AvgIpc) is 2.74. The average molecular weight is 434 g/mol. The zero-order valence-corrected chi connectivity index (χ0v) is 18.3. The fourth-order valence-electron chi connectivity index (χ4n) is 4.45. The third-order valence-corrected chi connectivity index (χ3v) is 6.09. The van der Waals surface area contributed by atoms with Crippen LogP contribution in [0.3, 0.4) is 0 Å². The Morgan fingerprint density at radius 3 is 2.58 bits per heavy atom. The lowest BCUT2D eigenvalue weighted by atomic mass is 9.89. The van der Waals surface area contributed by atoms with Gasteiger partial charge < -0.3 is 39.1 Å². The maximum Gasteiger partial charge on any atom is 0.338 e. The first-order valence-electron chi connectivity index (χ1n) is 10.5. The molecule has 3 heterocycles. The summed E-state index contributed by atoms with van der Waals surface area (Å²) in [5.74, 6) is 0.399. The van der Waals surface area contributed by atoms with E-state index in [1.165, 1.54) is 13.2 Å². The molecule has 0 radical (unpaired) electrons. The van der Waals surface area contributed by atoms with Crippen LogP contribution in [0.5, 0.6) is 5.75 Å². The highest BCUT2D eigenvalue weighted by molar-refractivity contribution is 5.93. The van der Waals surface area contributed by atoms with Crippen molar-refractivity contribution in [3.05, 3.63) is 34.2 Å². The summed E-state index contributed by atoms with van der Waals surface area (Å²) in [6.07, 6.45) is -4.32. The predicted octanol–water partition coefficient (Wildman–Crippen LogP) is 0.762. The molecule has 0 spiro atoms. The number of hydrogen-bond donors (Lipinski definition) is 3. The SMILES string of the molecule is CO[C@@H]1[C@@H](O)[C@@H](O)[C@H](Oc2ccc3c(N4CCNCC4)cc(=O)oc3c2C)OC1(C)C. The molecule has 0 unspecified atom stereocenters. The van der Waals surface area contributed by atoms with Gasteiger partial charge in [0, 0.05) is 50.3 Å². The number of methoxy groups -OCH3 is 1. The fraction of sp³-hybridized carbons (Fsp3) is 0.591. The van der Waals surface area contributed by atoms with Crippen LogP contribution in [0.25, 0.3) is 11.0 Å². The Hall–Kier alpha value is -2.17. The Morgan fingerprint density at radius 1 is 1.19 bits per heavy atom. The van der Waals surface area contributed by atoms with Gasteiger partial charge in [0.05, 0.1) is 11.3 Å². The van der Waals surface area contributed by atoms with Crippen LogP contribution >= 0.6 is 0 Å². The molecular weight excluding hydrogens is 404 g/mol. The minimum atomic E-state index is -1.31. The van der Waals surface area contributed by atoms with Crippen molar-refractivity contribution in [2.24, 2.45) is 0 Å². The van der Waals surface area contributed by atoms with Crippen LogP contribution in [0.2, 0.25) is 0 Å². The van der Waals surface area contributed by atoms with Crippen molar-refractivity contribution in [1.29, 1.82) is 0 Å². The van der Waals surface area contributed by atoms with Gasteiger partial charge in [-0.1, -0.05) is 0 Å². The van der Waals surface area contributed by atoms with Crippen LogP contribution in [0.4, 0.5) is 5.69 Å². The van der Waals surface area contributed by atoms with Gasteiger partial charge in [-0.3, -0.25) is 0 Å². The Morgan fingerprint density at radius 2 is 1.90 bits per heavy atom. The molecule has 0 aliphatic carbocycles. The third kappa shape index (κ3) is 4.04. The third-order valence-electron chi connectivity index (χ3n) is 6.09. The molecule has 2 aliphatic heterocycles. The summed E-state index contributed by atoms with van der Waals surface area (Å²) in [7, 11) is 1.46. The number of nitrogens with zero attached hydrogens (tertiary/aromatic N) is 1. The highest BCUT2D eigenvalue weighted by Crippen LogP contribution is 2.36. The number of benzene rings is 1. The number of hydrogen-bond acceptors (Lipinski definition) is 9. The maximum absolute atomic E-state index is 12.3. The topological polar surface area (TPSA) is 114 Å². The Balaban J connectivity index is 1.68. The van der Waals surface area contributed by atoms with Gasteiger partial charge in [-0.25, -0.2) is 4.79 Å². The van der Waals surface area contributed by atoms with E-state index < -0.39 is 35.8 Å². The summed E-state index contributed by atoms with van der Waals surface area (Å²) >= 11 is 0. The summed E-state index contributed by atoms with van der Waals surface area (Å²) in [5, 5.41) is 25.1. The first-order chi connectivity index (χ1) is 14.7. The molecule has 31 heavy (non-hydrogen) atoms. The number of anilines is 1. The number of fused-ring (bicyclic) bond motifs is 1. The summed E-state index contributed by atoms with van der Waals surface area (Å²) in [6.45, 7) is 8.60. The molecule has 3 N–H and O–H groups in total. The van der Waals surface area contributed by atoms with E-state index in [1.54, 1.807) is 26.8 Å². The molecule has 2 aliphatic rings. The number of aliphatic hydroxyl groups excluding tert-OH is 2. The summed E-state index contributed by atoms with van der Waals surface area (Å²) < 4.78 is 22.7. The second kappa shape index (κ2) is 8.40. The van der Waals surface area contributed by atoms with Gasteiger partial charge in [0.25, 0.3) is 0 Å². The van der Waals surface area contributed by atoms with E-state index in [0.29, 0.717) is 16.9 Å². The van der Waals surface area contributed by atoms with Gasteiger partial charge in [0.15, 0.2) is 0 Å². The lowest BCUT2D eigenvalue weighted by Crippen LogP contribution is -2.63. The molecule has 1 aromatic heterocycles. The second-order valence-electron chi connectivity index (χ2n) is 8.60. The fourth-order valence-corrected chi connectivity index (χ4v) is 4.45. The van der Waals surface area contributed by atoms with Gasteiger partial charge in [-0.15, -0.1) is 0 Å². The Bertz CT molecular complexity index is 999. The van der Waals surface area contributed by atoms with E-state index in [4.69, 9.17) is 18.6 Å². The molecule has 2 saturated heterocycles. The molecule has 170 valence electrons. The van der Waals surface area contributed by atoms with Gasteiger partial charge >= 0.3 is 5.63 Å². The van der Waals surface area contributed by atoms with E-state index in [0.717, 1.165) is 37.3 Å². The zero-order valence-electron chi connectivity index (χ0n) is 18.3. The minimum Gasteiger partial charge on any atom is -0.462 e. The van der Waals surface area contributed by atoms with Crippen molar-refractivity contribution < 1.29 is 28.8 Å². The molecule has 0 amide bonds. The van der Waals surface area contributed by atoms with Crippen LogP contribution in [0, 0.1) is 6.92 Å². The summed E-state index contributed by atoms with van der Waals surface area (Å²) in [6, 6.07) is 5.12. The van der Waals surface area contributed by atoms with E-state index in [9.17, 15) is 15.0 Å². The minimum absolute atomic E-state index is 0.399. The molecule has 0 saturated carbocycles. The van der Waals surface area contributed by atoms with E-state index in [2.05, 4.69) is 10.2 Å². The molecule has 4 rings (SSSR count). The highest BCUT2D eigenvalue weighted by atomic mass is 16.7. The van der Waals surface area contributed by atoms with Crippen molar-refractivity contribution in [3.8, 4) is 5.75 Å². The number of piperazine rings is 1. The quantitative estimate of drug-likeness (QED) is 0.600. The lowest BCUT2D eigenvalue weighted by Gasteiger charge is -2.46. The van der Waals surface area contributed by atoms with E-state index >= 15 is 0 Å². The van der Waals surface area contributed by atoms with E-state index in [1.807, 2.05) is 6.07 Å². The molecule has 1 aromatic carbocycles. The molecule has 0 bridgehead atoms.